The van der Waals surface area contributed by atoms with Gasteiger partial charge in [0.25, 0.3) is 11.8 Å². The number of hydrogen-bond donors (Lipinski definition) is 1. The number of hydrogen-bond acceptors (Lipinski definition) is 7. The van der Waals surface area contributed by atoms with E-state index in [0.717, 1.165) is 16.0 Å². The van der Waals surface area contributed by atoms with Gasteiger partial charge in [0.05, 0.1) is 17.3 Å². The van der Waals surface area contributed by atoms with Crippen LogP contribution >= 0.6 is 15.9 Å². The number of imide groups is 2. The first-order valence-corrected chi connectivity index (χ1v) is 13.5. The van der Waals surface area contributed by atoms with Crippen molar-refractivity contribution in [1.29, 1.82) is 0 Å². The first-order valence-electron chi connectivity index (χ1n) is 11.3. The number of halogens is 1. The Kier molecular flexibility index (Phi) is 7.43. The van der Waals surface area contributed by atoms with Crippen molar-refractivity contribution in [3.8, 4) is 11.5 Å². The summed E-state index contributed by atoms with van der Waals surface area (Å²) in [6, 6.07) is 13.5. The summed E-state index contributed by atoms with van der Waals surface area (Å²) in [6.07, 6.45) is 1.29. The van der Waals surface area contributed by atoms with E-state index in [4.69, 9.17) is 8.92 Å². The summed E-state index contributed by atoms with van der Waals surface area (Å²) < 4.78 is 36.6. The number of ether oxygens (including phenoxy) is 1. The lowest BCUT2D eigenvalue weighted by atomic mass is 10.0. The monoisotopic (exact) mass is 598 g/mol. The highest BCUT2D eigenvalue weighted by Crippen LogP contribution is 2.39. The average molecular weight is 599 g/mol. The minimum atomic E-state index is -4.18. The Morgan fingerprint density at radius 1 is 0.921 bits per heavy atom. The predicted molar refractivity (Wildman–Crippen MR) is 145 cm³/mol. The van der Waals surface area contributed by atoms with Crippen LogP contribution in [-0.2, 0) is 19.7 Å². The minimum Gasteiger partial charge on any atom is -0.493 e. The molecule has 4 rings (SSSR count). The summed E-state index contributed by atoms with van der Waals surface area (Å²) in [4.78, 5) is 39.4. The van der Waals surface area contributed by atoms with E-state index in [2.05, 4.69) is 21.2 Å². The fourth-order valence-electron chi connectivity index (χ4n) is 3.77. The van der Waals surface area contributed by atoms with Gasteiger partial charge >= 0.3 is 16.1 Å². The average Bonchev–Trinajstić information content (AvgIpc) is 2.85. The molecule has 9 nitrogen and oxygen atoms in total. The van der Waals surface area contributed by atoms with Gasteiger partial charge in [-0.25, -0.2) is 9.69 Å². The molecule has 1 fully saturated rings. The first kappa shape index (κ1) is 27.1. The maximum Gasteiger partial charge on any atom is 0.339 e. The molecule has 0 radical (unpaired) electrons. The van der Waals surface area contributed by atoms with Gasteiger partial charge in [0.2, 0.25) is 0 Å². The fraction of sp³-hybridized carbons (Fsp3) is 0.148. The molecule has 0 spiro atoms. The van der Waals surface area contributed by atoms with Crippen molar-refractivity contribution in [1.82, 2.24) is 5.32 Å². The van der Waals surface area contributed by atoms with Crippen LogP contribution in [0.25, 0.3) is 6.08 Å². The zero-order valence-electron chi connectivity index (χ0n) is 20.9. The Bertz CT molecular complexity index is 1610. The Morgan fingerprint density at radius 3 is 2.24 bits per heavy atom. The van der Waals surface area contributed by atoms with Gasteiger partial charge in [0.15, 0.2) is 11.5 Å². The zero-order chi connectivity index (χ0) is 27.8. The molecule has 0 unspecified atom stereocenters. The third kappa shape index (κ3) is 5.34. The molecule has 1 N–H and O–H groups in total. The van der Waals surface area contributed by atoms with Gasteiger partial charge < -0.3 is 8.92 Å². The molecular weight excluding hydrogens is 576 g/mol. The highest BCUT2D eigenvalue weighted by atomic mass is 79.9. The lowest BCUT2D eigenvalue weighted by Crippen LogP contribution is -2.54. The van der Waals surface area contributed by atoms with Crippen molar-refractivity contribution in [2.45, 2.75) is 25.7 Å². The maximum absolute atomic E-state index is 13.3. The number of urea groups is 1. The summed E-state index contributed by atoms with van der Waals surface area (Å²) in [5, 5.41) is 2.20. The van der Waals surface area contributed by atoms with Gasteiger partial charge in [0.1, 0.15) is 10.5 Å². The molecule has 0 atom stereocenters. The van der Waals surface area contributed by atoms with E-state index in [0.29, 0.717) is 16.8 Å². The summed E-state index contributed by atoms with van der Waals surface area (Å²) in [5.41, 5.74) is 2.78. The summed E-state index contributed by atoms with van der Waals surface area (Å²) in [5.74, 6) is -1.74. The summed E-state index contributed by atoms with van der Waals surface area (Å²) >= 11 is 3.30. The fourth-order valence-corrected chi connectivity index (χ4v) is 5.37. The van der Waals surface area contributed by atoms with Crippen molar-refractivity contribution in [3.63, 3.8) is 0 Å². The first-order chi connectivity index (χ1) is 17.9. The summed E-state index contributed by atoms with van der Waals surface area (Å²) in [6.45, 7) is 5.41. The molecule has 1 heterocycles. The topological polar surface area (TPSA) is 119 Å². The lowest BCUT2D eigenvalue weighted by Gasteiger charge is -2.27. The largest absolute Gasteiger partial charge is 0.493 e. The van der Waals surface area contributed by atoms with Crippen LogP contribution in [-0.4, -0.2) is 33.4 Å². The third-order valence-electron chi connectivity index (χ3n) is 5.77. The molecule has 38 heavy (non-hydrogen) atoms. The molecule has 196 valence electrons. The molecule has 1 saturated heterocycles. The Labute approximate surface area is 228 Å². The molecule has 0 saturated carbocycles. The van der Waals surface area contributed by atoms with Gasteiger partial charge in [-0.1, -0.05) is 29.8 Å². The molecule has 0 bridgehead atoms. The molecule has 11 heteroatoms. The van der Waals surface area contributed by atoms with E-state index in [1.165, 1.54) is 37.5 Å². The van der Waals surface area contributed by atoms with Crippen molar-refractivity contribution in [2.75, 3.05) is 12.0 Å². The second kappa shape index (κ2) is 10.4. The zero-order valence-corrected chi connectivity index (χ0v) is 23.3. The van der Waals surface area contributed by atoms with Crippen LogP contribution in [0.2, 0.25) is 0 Å². The minimum absolute atomic E-state index is 0.0352. The van der Waals surface area contributed by atoms with Crippen LogP contribution in [0, 0.1) is 20.8 Å². The highest BCUT2D eigenvalue weighted by Gasteiger charge is 2.37. The second-order valence-corrected chi connectivity index (χ2v) is 11.0. The third-order valence-corrected chi connectivity index (χ3v) is 7.60. The molecule has 0 aliphatic carbocycles. The number of nitrogens with one attached hydrogen (secondary N) is 1. The predicted octanol–water partition coefficient (Wildman–Crippen LogP) is 4.82. The standard InChI is InChI=1S/C27H23BrN2O7S/c1-15-6-9-19(10-7-15)38(34,35)37-24-21(28)13-18(14-23(24)36-4)12-20-25(31)29-27(33)30(26(20)32)22-11-16(2)5-8-17(22)3/h5-14H,1-4H3,(H,29,31,33)/b20-12+. The molecule has 0 aromatic heterocycles. The van der Waals surface area contributed by atoms with E-state index in [9.17, 15) is 22.8 Å². The second-order valence-electron chi connectivity index (χ2n) is 8.63. The molecular formula is C27H23BrN2O7S. The number of methoxy groups -OCH3 is 1. The van der Waals surface area contributed by atoms with Crippen molar-refractivity contribution in [3.05, 3.63) is 86.9 Å². The molecule has 1 aliphatic heterocycles. The van der Waals surface area contributed by atoms with E-state index < -0.39 is 28.0 Å². The van der Waals surface area contributed by atoms with Crippen LogP contribution in [0.15, 0.2) is 69.5 Å². The van der Waals surface area contributed by atoms with Gasteiger partial charge in [-0.05, 0) is 89.8 Å². The molecule has 3 aromatic carbocycles. The number of nitrogens with zero attached hydrogens (tertiary/aromatic N) is 1. The maximum atomic E-state index is 13.3. The smallest absolute Gasteiger partial charge is 0.339 e. The van der Waals surface area contributed by atoms with E-state index >= 15 is 0 Å². The van der Waals surface area contributed by atoms with Gasteiger partial charge in [-0.15, -0.1) is 0 Å². The van der Waals surface area contributed by atoms with Crippen LogP contribution in [0.4, 0.5) is 10.5 Å². The van der Waals surface area contributed by atoms with Crippen LogP contribution < -0.4 is 19.1 Å². The molecule has 3 aromatic rings. The van der Waals surface area contributed by atoms with E-state index in [1.807, 2.05) is 19.9 Å². The van der Waals surface area contributed by atoms with Crippen molar-refractivity contribution in [2.24, 2.45) is 0 Å². The Balaban J connectivity index is 1.72. The van der Waals surface area contributed by atoms with Gasteiger partial charge in [-0.3, -0.25) is 14.9 Å². The Morgan fingerprint density at radius 2 is 1.58 bits per heavy atom. The number of anilines is 1. The quantitative estimate of drug-likeness (QED) is 0.245. The van der Waals surface area contributed by atoms with Gasteiger partial charge in [-0.2, -0.15) is 8.42 Å². The number of carbonyl (C=O) groups excluding carboxylic acids is 3. The number of benzene rings is 3. The Hall–Kier alpha value is -3.96. The number of amides is 4. The van der Waals surface area contributed by atoms with Crippen LogP contribution in [0.3, 0.4) is 0 Å². The van der Waals surface area contributed by atoms with Crippen LogP contribution in [0.1, 0.15) is 22.3 Å². The highest BCUT2D eigenvalue weighted by molar-refractivity contribution is 9.10. The van der Waals surface area contributed by atoms with Gasteiger partial charge in [0, 0.05) is 0 Å². The molecule has 4 amide bonds. The normalized spacial score (nSPS) is 15.0. The van der Waals surface area contributed by atoms with E-state index in [1.54, 1.807) is 31.2 Å². The van der Waals surface area contributed by atoms with Crippen molar-refractivity contribution >= 4 is 55.7 Å². The number of carbonyl (C=O) groups is 3. The number of rotatable bonds is 6. The number of aryl methyl sites for hydroxylation is 3. The lowest BCUT2D eigenvalue weighted by molar-refractivity contribution is -0.122. The van der Waals surface area contributed by atoms with Crippen molar-refractivity contribution < 1.29 is 31.7 Å². The molecule has 1 aliphatic rings. The van der Waals surface area contributed by atoms with E-state index in [-0.39, 0.29) is 26.4 Å². The SMILES string of the molecule is COc1cc(/C=C2\C(=O)NC(=O)N(c3cc(C)ccc3C)C2=O)cc(Br)c1OS(=O)(=O)c1ccc(C)cc1. The van der Waals surface area contributed by atoms with Crippen LogP contribution in [0.5, 0.6) is 11.5 Å². The summed E-state index contributed by atoms with van der Waals surface area (Å²) in [7, 11) is -2.86. The number of barbiturate groups is 1.